The van der Waals surface area contributed by atoms with E-state index in [4.69, 9.17) is 31.2 Å². The number of carboxylic acid groups (broad SMARTS) is 3. The number of aliphatic carboxylic acids is 3. The molecule has 0 bridgehead atoms. The zero-order valence-corrected chi connectivity index (χ0v) is 21.8. The molecule has 41 heavy (non-hydrogen) atoms. The first-order valence-electron chi connectivity index (χ1n) is 12.3. The van der Waals surface area contributed by atoms with E-state index < -0.39 is 49.4 Å². The maximum absolute atomic E-state index is 13.5. The van der Waals surface area contributed by atoms with E-state index in [1.165, 1.54) is 24.3 Å². The predicted molar refractivity (Wildman–Crippen MR) is 142 cm³/mol. The summed E-state index contributed by atoms with van der Waals surface area (Å²) in [5, 5.41) is 27.5. The van der Waals surface area contributed by atoms with Crippen molar-refractivity contribution in [2.24, 2.45) is 16.5 Å². The van der Waals surface area contributed by atoms with E-state index in [0.717, 1.165) is 9.80 Å². The molecule has 0 unspecified atom stereocenters. The third kappa shape index (κ3) is 8.66. The van der Waals surface area contributed by atoms with Crippen molar-refractivity contribution in [2.45, 2.75) is 12.8 Å². The van der Waals surface area contributed by atoms with Crippen molar-refractivity contribution in [1.29, 1.82) is 0 Å². The Morgan fingerprint density at radius 1 is 0.927 bits per heavy atom. The van der Waals surface area contributed by atoms with Gasteiger partial charge in [0.1, 0.15) is 6.54 Å². The van der Waals surface area contributed by atoms with Crippen LogP contribution in [0.5, 0.6) is 11.5 Å². The van der Waals surface area contributed by atoms with Gasteiger partial charge in [-0.2, -0.15) is 0 Å². The van der Waals surface area contributed by atoms with Gasteiger partial charge < -0.3 is 41.2 Å². The molecule has 218 valence electrons. The van der Waals surface area contributed by atoms with Crippen LogP contribution >= 0.6 is 0 Å². The van der Waals surface area contributed by atoms with Crippen molar-refractivity contribution in [2.75, 3.05) is 39.3 Å². The lowest BCUT2D eigenvalue weighted by molar-refractivity contribution is -0.142. The molecule has 1 aliphatic heterocycles. The Kier molecular flexibility index (Phi) is 10.2. The third-order valence-electron chi connectivity index (χ3n) is 5.83. The number of benzene rings is 2. The van der Waals surface area contributed by atoms with Gasteiger partial charge in [-0.05, 0) is 48.7 Å². The summed E-state index contributed by atoms with van der Waals surface area (Å²) in [4.78, 5) is 66.4. The Bertz CT molecular complexity index is 1360. The summed E-state index contributed by atoms with van der Waals surface area (Å²) in [6.45, 7) is -2.46. The van der Waals surface area contributed by atoms with Crippen LogP contribution in [0.15, 0.2) is 41.4 Å². The minimum absolute atomic E-state index is 0.0735. The van der Waals surface area contributed by atoms with E-state index in [9.17, 15) is 29.1 Å². The molecular formula is C26H29N5O10. The molecule has 2 aromatic carbocycles. The Hall–Kier alpha value is -5.18. The number of carboxylic acids is 3. The lowest BCUT2D eigenvalue weighted by atomic mass is 10.0. The van der Waals surface area contributed by atoms with E-state index in [2.05, 4.69) is 4.99 Å². The second-order valence-electron chi connectivity index (χ2n) is 8.97. The minimum Gasteiger partial charge on any atom is -0.489 e. The summed E-state index contributed by atoms with van der Waals surface area (Å²) < 4.78 is 11.4. The summed E-state index contributed by atoms with van der Waals surface area (Å²) in [6, 6.07) is 8.94. The molecule has 15 heteroatoms. The molecule has 1 heterocycles. The van der Waals surface area contributed by atoms with Crippen molar-refractivity contribution in [1.82, 2.24) is 9.80 Å². The number of ether oxygens (including phenoxy) is 2. The van der Waals surface area contributed by atoms with Gasteiger partial charge in [-0.25, -0.2) is 9.79 Å². The first-order chi connectivity index (χ1) is 19.4. The summed E-state index contributed by atoms with van der Waals surface area (Å²) >= 11 is 0. The van der Waals surface area contributed by atoms with Crippen LogP contribution in [-0.2, 0) is 20.8 Å². The van der Waals surface area contributed by atoms with Gasteiger partial charge >= 0.3 is 23.9 Å². The zero-order valence-electron chi connectivity index (χ0n) is 21.8. The summed E-state index contributed by atoms with van der Waals surface area (Å²) in [5.74, 6) is -5.75. The first kappa shape index (κ1) is 30.4. The van der Waals surface area contributed by atoms with Crippen LogP contribution in [0.4, 0.5) is 5.69 Å². The molecule has 15 nitrogen and oxygen atoms in total. The highest BCUT2D eigenvalue weighted by atomic mass is 16.6. The van der Waals surface area contributed by atoms with Crippen molar-refractivity contribution >= 4 is 41.4 Å². The maximum atomic E-state index is 13.5. The van der Waals surface area contributed by atoms with Gasteiger partial charge in [0.25, 0.3) is 5.91 Å². The number of esters is 1. The standard InChI is InChI=1S/C26H29N5O10/c27-26(28)29-16-6-7-17-15(11-16)3-2-10-40-23-18(4-1-5-19(23)41-25(17)39)24(38)31(14-22(36)37)9-8-30(12-20(32)33)13-21(34)35/h1,4-7,11H,2-3,8-10,12-14H2,(H,32,33)(H,34,35)(H,36,37)(H4,27,28,29). The van der Waals surface area contributed by atoms with Crippen LogP contribution in [0.1, 0.15) is 32.7 Å². The molecule has 3 rings (SSSR count). The topological polar surface area (TPSA) is 235 Å². The number of rotatable bonds is 11. The number of carbonyl (C=O) groups excluding carboxylic acids is 2. The van der Waals surface area contributed by atoms with Crippen molar-refractivity contribution in [3.05, 3.63) is 53.1 Å². The van der Waals surface area contributed by atoms with Crippen LogP contribution in [0.25, 0.3) is 0 Å². The molecule has 0 saturated heterocycles. The summed E-state index contributed by atoms with van der Waals surface area (Å²) in [6.07, 6.45) is 0.809. The minimum atomic E-state index is -1.35. The highest BCUT2D eigenvalue weighted by Gasteiger charge is 2.27. The van der Waals surface area contributed by atoms with Gasteiger partial charge in [-0.3, -0.25) is 24.1 Å². The summed E-state index contributed by atoms with van der Waals surface area (Å²) in [7, 11) is 0. The molecule has 2 aromatic rings. The number of hydrogen-bond acceptors (Lipinski definition) is 9. The number of aryl methyl sites for hydroxylation is 1. The maximum Gasteiger partial charge on any atom is 0.343 e. The van der Waals surface area contributed by atoms with Gasteiger partial charge in [0.15, 0.2) is 17.5 Å². The van der Waals surface area contributed by atoms with E-state index in [1.54, 1.807) is 12.1 Å². The van der Waals surface area contributed by atoms with Crippen LogP contribution < -0.4 is 20.9 Å². The fourth-order valence-corrected chi connectivity index (χ4v) is 4.15. The summed E-state index contributed by atoms with van der Waals surface area (Å²) in [5.41, 5.74) is 12.1. The van der Waals surface area contributed by atoms with Crippen molar-refractivity contribution in [3.63, 3.8) is 0 Å². The third-order valence-corrected chi connectivity index (χ3v) is 5.83. The lowest BCUT2D eigenvalue weighted by Gasteiger charge is -2.26. The SMILES string of the molecule is NC(N)=Nc1ccc2c(c1)CCCOc1c(cccc1C(=O)N(CCN(CC(=O)O)CC(=O)O)CC(=O)O)OC2=O. The van der Waals surface area contributed by atoms with Crippen LogP contribution in [0, 0.1) is 0 Å². The normalized spacial score (nSPS) is 12.7. The van der Waals surface area contributed by atoms with Gasteiger partial charge in [-0.15, -0.1) is 0 Å². The van der Waals surface area contributed by atoms with E-state index >= 15 is 0 Å². The second-order valence-corrected chi connectivity index (χ2v) is 8.97. The molecule has 0 aliphatic carbocycles. The number of fused-ring (bicyclic) bond motifs is 2. The molecular weight excluding hydrogens is 542 g/mol. The Morgan fingerprint density at radius 2 is 1.61 bits per heavy atom. The number of aliphatic imine (C=N–C) groups is 1. The van der Waals surface area contributed by atoms with Crippen LogP contribution in [-0.4, -0.2) is 100 Å². The van der Waals surface area contributed by atoms with E-state index in [-0.39, 0.29) is 48.3 Å². The van der Waals surface area contributed by atoms with Crippen molar-refractivity contribution in [3.8, 4) is 11.5 Å². The Balaban J connectivity index is 1.91. The average molecular weight is 572 g/mol. The van der Waals surface area contributed by atoms with Crippen LogP contribution in [0.2, 0.25) is 0 Å². The van der Waals surface area contributed by atoms with Gasteiger partial charge in [0, 0.05) is 13.1 Å². The van der Waals surface area contributed by atoms with Gasteiger partial charge in [-0.1, -0.05) is 6.07 Å². The second kappa shape index (κ2) is 13.7. The van der Waals surface area contributed by atoms with E-state index in [0.29, 0.717) is 24.1 Å². The van der Waals surface area contributed by atoms with Gasteiger partial charge in [0.2, 0.25) is 0 Å². The highest BCUT2D eigenvalue weighted by Crippen LogP contribution is 2.34. The predicted octanol–water partition coefficient (Wildman–Crippen LogP) is 0.134. The Morgan fingerprint density at radius 3 is 2.24 bits per heavy atom. The van der Waals surface area contributed by atoms with Crippen molar-refractivity contribution < 1.29 is 48.8 Å². The fraction of sp³-hybridized carbons (Fsp3) is 0.308. The zero-order chi connectivity index (χ0) is 30.1. The molecule has 7 N–H and O–H groups in total. The molecule has 0 saturated carbocycles. The smallest absolute Gasteiger partial charge is 0.343 e. The number of amides is 1. The number of nitrogens with zero attached hydrogens (tertiary/aromatic N) is 3. The van der Waals surface area contributed by atoms with Gasteiger partial charge in [0.05, 0.1) is 36.5 Å². The average Bonchev–Trinajstić information content (AvgIpc) is 2.87. The molecule has 0 radical (unpaired) electrons. The largest absolute Gasteiger partial charge is 0.489 e. The fourth-order valence-electron chi connectivity index (χ4n) is 4.15. The Labute approximate surface area is 233 Å². The monoisotopic (exact) mass is 571 g/mol. The molecule has 1 amide bonds. The number of nitrogens with two attached hydrogens (primary N) is 2. The molecule has 0 aromatic heterocycles. The first-order valence-corrected chi connectivity index (χ1v) is 12.3. The van der Waals surface area contributed by atoms with Crippen LogP contribution in [0.3, 0.4) is 0 Å². The molecule has 1 aliphatic rings. The number of para-hydroxylation sites is 1. The molecule has 0 spiro atoms. The lowest BCUT2D eigenvalue weighted by Crippen LogP contribution is -2.44. The van der Waals surface area contributed by atoms with E-state index in [1.807, 2.05) is 0 Å². The quantitative estimate of drug-likeness (QED) is 0.104. The molecule has 0 fully saturated rings. The number of carbonyl (C=O) groups is 5. The highest BCUT2D eigenvalue weighted by molar-refractivity contribution is 6.00. The molecule has 0 atom stereocenters. The number of guanidine groups is 1. The number of hydrogen-bond donors (Lipinski definition) is 5.